The predicted octanol–water partition coefficient (Wildman–Crippen LogP) is -0.0958. The molecule has 0 aromatic heterocycles. The molecule has 0 bridgehead atoms. The molecule has 1 fully saturated rings. The minimum atomic E-state index is 1.00. The molecular weight excluding hydrogens is 84.1 g/mol. The topological polar surface area (TPSA) is 24.1 Å². The van der Waals surface area contributed by atoms with E-state index < -0.39 is 0 Å². The molecule has 0 spiro atoms. The quantitative estimate of drug-likeness (QED) is 0.433. The lowest BCUT2D eigenvalue weighted by molar-refractivity contribution is 0.726. The van der Waals surface area contributed by atoms with Crippen LogP contribution in [0.25, 0.3) is 0 Å². The van der Waals surface area contributed by atoms with E-state index in [9.17, 15) is 0 Å². The van der Waals surface area contributed by atoms with Gasteiger partial charge < -0.3 is 0 Å². The maximum Gasteiger partial charge on any atom is 0.0938 e. The summed E-state index contributed by atoms with van der Waals surface area (Å²) in [5, 5.41) is 0. The van der Waals surface area contributed by atoms with Crippen LogP contribution in [-0.4, -0.2) is 5.88 Å². The van der Waals surface area contributed by atoms with Crippen molar-refractivity contribution in [3.05, 3.63) is 5.88 Å². The van der Waals surface area contributed by atoms with Gasteiger partial charge in [0.1, 0.15) is 0 Å². The Morgan fingerprint density at radius 1 is 1.80 bits per heavy atom. The summed E-state index contributed by atoms with van der Waals surface area (Å²) in [4.78, 5) is 0. The molecule has 0 unspecified atom stereocenters. The Labute approximate surface area is 35.3 Å². The van der Waals surface area contributed by atoms with Gasteiger partial charge in [-0.1, -0.05) is 0 Å². The molecule has 1 rings (SSSR count). The number of hydrogen-bond acceptors (Lipinski definition) is 3. The number of nitrogens with one attached hydrogen (secondary N) is 2. The highest BCUT2D eigenvalue weighted by molar-refractivity contribution is 8.01. The number of thioether (sulfide) groups is 1. The summed E-state index contributed by atoms with van der Waals surface area (Å²) in [6.45, 7) is 0. The first-order valence-electron chi connectivity index (χ1n) is 1.42. The third kappa shape index (κ3) is 0.792. The van der Waals surface area contributed by atoms with Crippen LogP contribution >= 0.6 is 11.8 Å². The minimum absolute atomic E-state index is 1.00. The van der Waals surface area contributed by atoms with Gasteiger partial charge in [0, 0.05) is 0 Å². The Balaban J connectivity index is 2.08. The first kappa shape index (κ1) is 3.46. The van der Waals surface area contributed by atoms with Gasteiger partial charge in [-0.3, -0.25) is 0 Å². The summed E-state index contributed by atoms with van der Waals surface area (Å²) in [7, 11) is 0. The maximum atomic E-state index is 2.88. The summed E-state index contributed by atoms with van der Waals surface area (Å²) < 4.78 is 0. The number of hydrogen-bond donors (Lipinski definition) is 2. The van der Waals surface area contributed by atoms with E-state index >= 15 is 0 Å². The molecule has 0 aromatic rings. The van der Waals surface area contributed by atoms with Gasteiger partial charge >= 0.3 is 0 Å². The molecule has 2 N–H and O–H groups in total. The molecule has 0 aliphatic carbocycles. The summed E-state index contributed by atoms with van der Waals surface area (Å²) >= 11 is 1.73. The smallest absolute Gasteiger partial charge is 0.0938 e. The van der Waals surface area contributed by atoms with Crippen molar-refractivity contribution in [2.75, 3.05) is 5.88 Å². The van der Waals surface area contributed by atoms with Crippen molar-refractivity contribution in [1.29, 1.82) is 0 Å². The molecule has 1 heterocycles. The van der Waals surface area contributed by atoms with Crippen molar-refractivity contribution in [1.82, 2.24) is 10.9 Å². The summed E-state index contributed by atoms with van der Waals surface area (Å²) in [6, 6.07) is 0. The molecular formula is C2H5N2S. The molecule has 1 aliphatic heterocycles. The Morgan fingerprint density at radius 2 is 2.80 bits per heavy atom. The fourth-order valence-corrected chi connectivity index (χ4v) is 0.625. The molecule has 5 heavy (non-hydrogen) atoms. The van der Waals surface area contributed by atoms with Crippen LogP contribution in [0.1, 0.15) is 0 Å². The lowest BCUT2D eigenvalue weighted by atomic mass is 11.4. The van der Waals surface area contributed by atoms with Crippen LogP contribution in [0.15, 0.2) is 0 Å². The Hall–Kier alpha value is 0.270. The molecule has 0 atom stereocenters. The van der Waals surface area contributed by atoms with Gasteiger partial charge in [-0.05, 0) is 0 Å². The molecule has 1 radical (unpaired) electrons. The van der Waals surface area contributed by atoms with E-state index in [1.165, 1.54) is 0 Å². The second kappa shape index (κ2) is 1.64. The highest BCUT2D eigenvalue weighted by Gasteiger charge is 1.92. The fraction of sp³-hybridized carbons (Fsp3) is 0.500. The van der Waals surface area contributed by atoms with Crippen LogP contribution in [0.3, 0.4) is 0 Å². The van der Waals surface area contributed by atoms with Gasteiger partial charge in [0.15, 0.2) is 0 Å². The normalized spacial score (nSPS) is 24.0. The number of rotatable bonds is 0. The Kier molecular flexibility index (Phi) is 1.14. The molecule has 3 heteroatoms. The van der Waals surface area contributed by atoms with Crippen molar-refractivity contribution in [2.45, 2.75) is 0 Å². The Bertz CT molecular complexity index is 19.2. The van der Waals surface area contributed by atoms with Crippen LogP contribution in [-0.2, 0) is 0 Å². The van der Waals surface area contributed by atoms with Gasteiger partial charge in [0.25, 0.3) is 0 Å². The van der Waals surface area contributed by atoms with E-state index in [-0.39, 0.29) is 0 Å². The van der Waals surface area contributed by atoms with Crippen molar-refractivity contribution < 1.29 is 0 Å². The van der Waals surface area contributed by atoms with E-state index in [1.807, 2.05) is 5.88 Å². The minimum Gasteiger partial charge on any atom is -0.247 e. The standard InChI is InChI=1S/C2H5N2S/c1-3-4-2-5-1/h1,3-4H,2H2. The van der Waals surface area contributed by atoms with Crippen LogP contribution in [0, 0.1) is 5.88 Å². The average molecular weight is 89.1 g/mol. The first-order valence-corrected chi connectivity index (χ1v) is 2.47. The van der Waals surface area contributed by atoms with Gasteiger partial charge in [-0.25, -0.2) is 10.9 Å². The molecule has 2 nitrogen and oxygen atoms in total. The summed E-state index contributed by atoms with van der Waals surface area (Å²) in [5.74, 6) is 2.92. The highest BCUT2D eigenvalue weighted by atomic mass is 32.2. The molecule has 0 amide bonds. The molecule has 0 aromatic carbocycles. The fourth-order valence-electron chi connectivity index (χ4n) is 0.208. The van der Waals surface area contributed by atoms with Gasteiger partial charge in [0.05, 0.1) is 11.8 Å². The van der Waals surface area contributed by atoms with Crippen molar-refractivity contribution >= 4 is 11.8 Å². The average Bonchev–Trinajstić information content (AvgIpc) is 1.76. The van der Waals surface area contributed by atoms with Crippen LogP contribution in [0.5, 0.6) is 0 Å². The van der Waals surface area contributed by atoms with Crippen LogP contribution < -0.4 is 10.9 Å². The maximum absolute atomic E-state index is 2.88. The second-order valence-electron chi connectivity index (χ2n) is 0.750. The molecule has 1 aliphatic rings. The van der Waals surface area contributed by atoms with E-state index in [4.69, 9.17) is 0 Å². The third-order valence-electron chi connectivity index (χ3n) is 0.400. The van der Waals surface area contributed by atoms with Gasteiger partial charge in [0.2, 0.25) is 0 Å². The van der Waals surface area contributed by atoms with Crippen molar-refractivity contribution in [3.8, 4) is 0 Å². The Morgan fingerprint density at radius 3 is 3.00 bits per heavy atom. The summed E-state index contributed by atoms with van der Waals surface area (Å²) in [6.07, 6.45) is 0. The highest BCUT2D eigenvalue weighted by Crippen LogP contribution is 2.01. The van der Waals surface area contributed by atoms with E-state index in [0.29, 0.717) is 0 Å². The van der Waals surface area contributed by atoms with Crippen molar-refractivity contribution in [3.63, 3.8) is 0 Å². The zero-order chi connectivity index (χ0) is 3.54. The molecule has 1 saturated heterocycles. The van der Waals surface area contributed by atoms with Gasteiger partial charge in [-0.2, -0.15) is 0 Å². The SMILES string of the molecule is [CH]1NNCS1. The van der Waals surface area contributed by atoms with Crippen LogP contribution in [0.2, 0.25) is 0 Å². The lowest BCUT2D eigenvalue weighted by Crippen LogP contribution is -2.18. The summed E-state index contributed by atoms with van der Waals surface area (Å²) in [5.41, 5.74) is 5.69. The van der Waals surface area contributed by atoms with Crippen molar-refractivity contribution in [2.24, 2.45) is 0 Å². The number of hydrazine groups is 1. The van der Waals surface area contributed by atoms with E-state index in [1.54, 1.807) is 11.8 Å². The lowest BCUT2D eigenvalue weighted by Gasteiger charge is -1.78. The zero-order valence-corrected chi connectivity index (χ0v) is 3.51. The molecule has 0 saturated carbocycles. The van der Waals surface area contributed by atoms with Gasteiger partial charge in [-0.15, -0.1) is 11.8 Å². The zero-order valence-electron chi connectivity index (χ0n) is 2.69. The molecule has 29 valence electrons. The van der Waals surface area contributed by atoms with E-state index in [0.717, 1.165) is 5.88 Å². The second-order valence-corrected chi connectivity index (χ2v) is 1.61. The largest absolute Gasteiger partial charge is 0.247 e. The predicted molar refractivity (Wildman–Crippen MR) is 23.0 cm³/mol. The monoisotopic (exact) mass is 89.0 g/mol. The van der Waals surface area contributed by atoms with Crippen LogP contribution in [0.4, 0.5) is 0 Å². The van der Waals surface area contributed by atoms with E-state index in [2.05, 4.69) is 10.9 Å². The third-order valence-corrected chi connectivity index (χ3v) is 0.995. The first-order chi connectivity index (χ1) is 2.50.